The van der Waals surface area contributed by atoms with Crippen molar-refractivity contribution in [3.05, 3.63) is 47.9 Å². The average molecular weight is 490 g/mol. The van der Waals surface area contributed by atoms with E-state index in [1.165, 1.54) is 0 Å². The molecule has 0 unspecified atom stereocenters. The first-order valence-corrected chi connectivity index (χ1v) is 12.3. The van der Waals surface area contributed by atoms with Crippen LogP contribution in [-0.4, -0.2) is 88.1 Å². The Kier molecular flexibility index (Phi) is 9.56. The zero-order chi connectivity index (χ0) is 24.5. The van der Waals surface area contributed by atoms with E-state index in [0.717, 1.165) is 16.5 Å². The van der Waals surface area contributed by atoms with Gasteiger partial charge in [0.2, 0.25) is 6.29 Å². The molecule has 2 aliphatic heterocycles. The molecule has 4 rings (SSSR count). The van der Waals surface area contributed by atoms with E-state index >= 15 is 0 Å². The number of allylic oxidation sites excluding steroid dienone is 1. The first kappa shape index (κ1) is 25.7. The predicted octanol–water partition coefficient (Wildman–Crippen LogP) is 2.68. The molecule has 35 heavy (non-hydrogen) atoms. The van der Waals surface area contributed by atoms with E-state index in [2.05, 4.69) is 0 Å². The van der Waals surface area contributed by atoms with Gasteiger partial charge in [0.1, 0.15) is 5.58 Å². The van der Waals surface area contributed by atoms with Gasteiger partial charge in [-0.05, 0) is 25.5 Å². The highest BCUT2D eigenvalue weighted by Gasteiger charge is 2.40. The van der Waals surface area contributed by atoms with Crippen molar-refractivity contribution in [3.63, 3.8) is 0 Å². The lowest BCUT2D eigenvalue weighted by Gasteiger charge is -2.38. The zero-order valence-corrected chi connectivity index (χ0v) is 20.2. The van der Waals surface area contributed by atoms with Gasteiger partial charge < -0.3 is 38.1 Å². The number of para-hydroxylation sites is 1. The Morgan fingerprint density at radius 1 is 1.11 bits per heavy atom. The van der Waals surface area contributed by atoms with Gasteiger partial charge in [-0.3, -0.25) is 4.79 Å². The molecule has 9 heteroatoms. The van der Waals surface area contributed by atoms with Crippen LogP contribution in [0.1, 0.15) is 24.8 Å². The largest absolute Gasteiger partial charge is 0.464 e. The third kappa shape index (κ3) is 6.42. The zero-order valence-electron chi connectivity index (χ0n) is 20.2. The van der Waals surface area contributed by atoms with Gasteiger partial charge in [-0.2, -0.15) is 0 Å². The summed E-state index contributed by atoms with van der Waals surface area (Å²) in [5, 5.41) is 9.82. The number of hydrogen-bond donors (Lipinski definition) is 1. The van der Waals surface area contributed by atoms with Crippen LogP contribution in [-0.2, 0) is 28.5 Å². The lowest BCUT2D eigenvalue weighted by molar-refractivity contribution is -0.173. The molecule has 3 atom stereocenters. The van der Waals surface area contributed by atoms with Crippen molar-refractivity contribution in [2.75, 3.05) is 65.9 Å². The molecule has 1 aromatic heterocycles. The lowest BCUT2D eigenvalue weighted by atomic mass is 9.81. The van der Waals surface area contributed by atoms with Crippen LogP contribution in [0.3, 0.4) is 0 Å². The molecule has 0 spiro atoms. The Morgan fingerprint density at radius 2 is 1.89 bits per heavy atom. The summed E-state index contributed by atoms with van der Waals surface area (Å²) in [5.41, 5.74) is 1.80. The standard InChI is InChI=1S/C26H35NO8/c1-2-33-26-20(7-11-30-15-16-32-14-10-28)21(22-18-34-23-6-4-3-5-19(22)23)17-24(35-26)25(29)27-8-12-31-13-9-27/h3-6,17-18,20-21,26,28H,2,7-16H2,1H3/t20-,21+,26-/m0/s1. The topological polar surface area (TPSA) is 99.8 Å². The molecule has 9 nitrogen and oxygen atoms in total. The minimum absolute atomic E-state index is 0.00632. The SMILES string of the molecule is CCO[C@H]1OC(C(=O)N2CCOCC2)=C[C@@H](c2coc3ccccc23)[C@@H]1CCOCCOCCO. The molecule has 2 aromatic rings. The number of rotatable bonds is 12. The average Bonchev–Trinajstić information content (AvgIpc) is 3.33. The third-order valence-electron chi connectivity index (χ3n) is 6.30. The number of nitrogens with zero attached hydrogens (tertiary/aromatic N) is 1. The van der Waals surface area contributed by atoms with Gasteiger partial charge in [0.25, 0.3) is 5.91 Å². The Bertz CT molecular complexity index is 967. The van der Waals surface area contributed by atoms with E-state index in [-0.39, 0.29) is 24.3 Å². The Balaban J connectivity index is 1.57. The quantitative estimate of drug-likeness (QED) is 0.455. The van der Waals surface area contributed by atoms with Crippen LogP contribution in [0.5, 0.6) is 0 Å². The normalized spacial score (nSPS) is 22.7. The molecule has 192 valence electrons. The van der Waals surface area contributed by atoms with Gasteiger partial charge in [0.15, 0.2) is 5.76 Å². The second kappa shape index (κ2) is 13.0. The summed E-state index contributed by atoms with van der Waals surface area (Å²) in [6, 6.07) is 7.89. The number of furan rings is 1. The molecule has 1 saturated heterocycles. The van der Waals surface area contributed by atoms with Crippen molar-refractivity contribution < 1.29 is 38.0 Å². The second-order valence-corrected chi connectivity index (χ2v) is 8.49. The molecule has 0 bridgehead atoms. The van der Waals surface area contributed by atoms with E-state index in [4.69, 9.17) is 33.2 Å². The van der Waals surface area contributed by atoms with E-state index < -0.39 is 6.29 Å². The smallest absolute Gasteiger partial charge is 0.288 e. The molecule has 2 aliphatic rings. The maximum Gasteiger partial charge on any atom is 0.288 e. The molecule has 1 amide bonds. The molecule has 0 saturated carbocycles. The van der Waals surface area contributed by atoms with Crippen molar-refractivity contribution in [1.82, 2.24) is 4.90 Å². The van der Waals surface area contributed by atoms with Crippen molar-refractivity contribution in [1.29, 1.82) is 0 Å². The maximum atomic E-state index is 13.3. The molecule has 0 aliphatic carbocycles. The summed E-state index contributed by atoms with van der Waals surface area (Å²) in [6.45, 7) is 6.10. The minimum Gasteiger partial charge on any atom is -0.464 e. The highest BCUT2D eigenvalue weighted by molar-refractivity contribution is 5.92. The number of carbonyl (C=O) groups excluding carboxylic acids is 1. The van der Waals surface area contributed by atoms with Crippen molar-refractivity contribution >= 4 is 16.9 Å². The number of amides is 1. The highest BCUT2D eigenvalue weighted by atomic mass is 16.7. The number of ether oxygens (including phenoxy) is 5. The lowest BCUT2D eigenvalue weighted by Crippen LogP contribution is -2.44. The van der Waals surface area contributed by atoms with Crippen LogP contribution in [0.25, 0.3) is 11.0 Å². The van der Waals surface area contributed by atoms with Crippen molar-refractivity contribution in [2.24, 2.45) is 5.92 Å². The number of aliphatic hydroxyl groups is 1. The summed E-state index contributed by atoms with van der Waals surface area (Å²) >= 11 is 0. The van der Waals surface area contributed by atoms with Crippen LogP contribution in [0.2, 0.25) is 0 Å². The number of morpholine rings is 1. The molecule has 3 heterocycles. The van der Waals surface area contributed by atoms with Crippen LogP contribution >= 0.6 is 0 Å². The summed E-state index contributed by atoms with van der Waals surface area (Å²) in [7, 11) is 0. The summed E-state index contributed by atoms with van der Waals surface area (Å²) in [4.78, 5) is 15.1. The van der Waals surface area contributed by atoms with Crippen LogP contribution in [0, 0.1) is 5.92 Å². The number of fused-ring (bicyclic) bond motifs is 1. The molecule has 1 N–H and O–H groups in total. The third-order valence-corrected chi connectivity index (χ3v) is 6.30. The van der Waals surface area contributed by atoms with Gasteiger partial charge in [0.05, 0.1) is 45.9 Å². The number of hydrogen-bond acceptors (Lipinski definition) is 8. The summed E-state index contributed by atoms with van der Waals surface area (Å²) < 4.78 is 34.5. The van der Waals surface area contributed by atoms with Crippen molar-refractivity contribution in [2.45, 2.75) is 25.6 Å². The van der Waals surface area contributed by atoms with Gasteiger partial charge in [-0.25, -0.2) is 0 Å². The Morgan fingerprint density at radius 3 is 2.66 bits per heavy atom. The first-order valence-electron chi connectivity index (χ1n) is 12.3. The first-order chi connectivity index (χ1) is 17.2. The number of carbonyl (C=O) groups is 1. The van der Waals surface area contributed by atoms with E-state index in [9.17, 15) is 4.79 Å². The number of aliphatic hydroxyl groups excluding tert-OH is 1. The summed E-state index contributed by atoms with van der Waals surface area (Å²) in [5.74, 6) is -0.0875. The van der Waals surface area contributed by atoms with E-state index in [1.54, 1.807) is 11.2 Å². The fraction of sp³-hybridized carbons (Fsp3) is 0.577. The number of benzene rings is 1. The Labute approximate surface area is 205 Å². The molecule has 1 aromatic carbocycles. The maximum absolute atomic E-state index is 13.3. The Hall–Kier alpha value is -2.43. The molecule has 1 fully saturated rings. The van der Waals surface area contributed by atoms with Gasteiger partial charge in [-0.15, -0.1) is 0 Å². The van der Waals surface area contributed by atoms with Crippen LogP contribution in [0.4, 0.5) is 0 Å². The molecular weight excluding hydrogens is 454 g/mol. The molecule has 0 radical (unpaired) electrons. The minimum atomic E-state index is -0.599. The van der Waals surface area contributed by atoms with E-state index in [1.807, 2.05) is 37.3 Å². The van der Waals surface area contributed by atoms with Gasteiger partial charge in [-0.1, -0.05) is 18.2 Å². The van der Waals surface area contributed by atoms with Crippen molar-refractivity contribution in [3.8, 4) is 0 Å². The van der Waals surface area contributed by atoms with E-state index in [0.29, 0.717) is 71.5 Å². The highest BCUT2D eigenvalue weighted by Crippen LogP contribution is 2.42. The second-order valence-electron chi connectivity index (χ2n) is 8.49. The van der Waals surface area contributed by atoms with Gasteiger partial charge in [0, 0.05) is 49.1 Å². The van der Waals surface area contributed by atoms with Crippen LogP contribution < -0.4 is 0 Å². The predicted molar refractivity (Wildman–Crippen MR) is 128 cm³/mol. The monoisotopic (exact) mass is 489 g/mol. The summed E-state index contributed by atoms with van der Waals surface area (Å²) in [6.07, 6.45) is 3.75. The molecular formula is C26H35NO8. The van der Waals surface area contributed by atoms with Crippen LogP contribution in [0.15, 0.2) is 46.8 Å². The fourth-order valence-corrected chi connectivity index (χ4v) is 4.57. The fourth-order valence-electron chi connectivity index (χ4n) is 4.57. The van der Waals surface area contributed by atoms with Gasteiger partial charge >= 0.3 is 0 Å².